The topological polar surface area (TPSA) is 80.8 Å². The minimum absolute atomic E-state index is 0.182. The van der Waals surface area contributed by atoms with Crippen molar-refractivity contribution in [3.8, 4) is 0 Å². The summed E-state index contributed by atoms with van der Waals surface area (Å²) in [5, 5.41) is 9.83. The van der Waals surface area contributed by atoms with E-state index in [9.17, 15) is 4.79 Å². The molecule has 0 fully saturated rings. The highest BCUT2D eigenvalue weighted by molar-refractivity contribution is 7.99. The molecule has 6 nitrogen and oxygen atoms in total. The number of fused-ring (bicyclic) bond motifs is 3. The van der Waals surface area contributed by atoms with Crippen LogP contribution in [0.3, 0.4) is 0 Å². The number of carbonyl (C=O) groups excluding carboxylic acids is 1. The van der Waals surface area contributed by atoms with Gasteiger partial charge >= 0.3 is 5.97 Å². The predicted molar refractivity (Wildman–Crippen MR) is 85.9 cm³/mol. The number of thioether (sulfide) groups is 1. The fourth-order valence-corrected chi connectivity index (χ4v) is 2.80. The maximum absolute atomic E-state index is 11.4. The largest absolute Gasteiger partial charge is 0.465 e. The molecular weight excluding hydrogens is 300 g/mol. The lowest BCUT2D eigenvalue weighted by molar-refractivity contribution is -0.139. The van der Waals surface area contributed by atoms with Crippen LogP contribution in [0.25, 0.3) is 22.1 Å². The number of benzene rings is 1. The zero-order chi connectivity index (χ0) is 15.5. The molecule has 1 aromatic carbocycles. The second kappa shape index (κ2) is 6.31. The van der Waals surface area contributed by atoms with Crippen LogP contribution in [0.15, 0.2) is 23.4 Å². The average Bonchev–Trinajstić information content (AvgIpc) is 2.90. The highest BCUT2D eigenvalue weighted by Gasteiger charge is 2.11. The Morgan fingerprint density at radius 3 is 2.95 bits per heavy atom. The van der Waals surface area contributed by atoms with Crippen LogP contribution in [0.2, 0.25) is 0 Å². The standard InChI is InChI=1S/C15H16N4O2S/c1-3-9-5-6-11-10(7-9)13-14(16-11)17-15(19-18-13)22-8-12(20)21-4-2/h5-7H,3-4,8H2,1-2H3,(H,16,17,19). The third-order valence-corrected chi connectivity index (χ3v) is 4.10. The normalized spacial score (nSPS) is 11.2. The minimum atomic E-state index is -0.277. The van der Waals surface area contributed by atoms with E-state index in [1.165, 1.54) is 17.3 Å². The van der Waals surface area contributed by atoms with Crippen molar-refractivity contribution in [1.82, 2.24) is 20.2 Å². The molecule has 0 aliphatic carbocycles. The number of carbonyl (C=O) groups is 1. The fourth-order valence-electron chi connectivity index (χ4n) is 2.21. The fraction of sp³-hybridized carbons (Fsp3) is 0.333. The van der Waals surface area contributed by atoms with Gasteiger partial charge in [-0.05, 0) is 31.0 Å². The van der Waals surface area contributed by atoms with E-state index >= 15 is 0 Å². The molecule has 0 saturated carbocycles. The molecule has 0 bridgehead atoms. The van der Waals surface area contributed by atoms with Crippen molar-refractivity contribution in [3.63, 3.8) is 0 Å². The molecule has 3 rings (SSSR count). The van der Waals surface area contributed by atoms with Gasteiger partial charge in [0.25, 0.3) is 0 Å². The lowest BCUT2D eigenvalue weighted by Crippen LogP contribution is -2.07. The number of hydrogen-bond donors (Lipinski definition) is 1. The van der Waals surface area contributed by atoms with Gasteiger partial charge in [0.15, 0.2) is 5.65 Å². The lowest BCUT2D eigenvalue weighted by atomic mass is 10.1. The average molecular weight is 316 g/mol. The van der Waals surface area contributed by atoms with Gasteiger partial charge < -0.3 is 9.72 Å². The van der Waals surface area contributed by atoms with E-state index in [4.69, 9.17) is 4.74 Å². The second-order valence-electron chi connectivity index (χ2n) is 4.74. The molecular formula is C15H16N4O2S. The van der Waals surface area contributed by atoms with Crippen LogP contribution in [0, 0.1) is 0 Å². The van der Waals surface area contributed by atoms with E-state index in [2.05, 4.69) is 39.2 Å². The molecule has 0 aliphatic rings. The summed E-state index contributed by atoms with van der Waals surface area (Å²) >= 11 is 1.22. The van der Waals surface area contributed by atoms with Crippen molar-refractivity contribution < 1.29 is 9.53 Å². The molecule has 2 heterocycles. The molecule has 0 atom stereocenters. The van der Waals surface area contributed by atoms with Crippen LogP contribution in [-0.4, -0.2) is 38.5 Å². The van der Waals surface area contributed by atoms with Crippen LogP contribution in [-0.2, 0) is 16.0 Å². The van der Waals surface area contributed by atoms with Crippen molar-refractivity contribution in [3.05, 3.63) is 23.8 Å². The molecule has 7 heteroatoms. The van der Waals surface area contributed by atoms with Crippen LogP contribution in [0.1, 0.15) is 19.4 Å². The summed E-state index contributed by atoms with van der Waals surface area (Å²) in [6.45, 7) is 4.27. The van der Waals surface area contributed by atoms with E-state index < -0.39 is 0 Å². The number of rotatable bonds is 5. The molecule has 3 aromatic rings. The second-order valence-corrected chi connectivity index (χ2v) is 5.69. The van der Waals surface area contributed by atoms with E-state index in [1.807, 2.05) is 6.07 Å². The Morgan fingerprint density at radius 1 is 1.32 bits per heavy atom. The summed E-state index contributed by atoms with van der Waals surface area (Å²) < 4.78 is 4.88. The third kappa shape index (κ3) is 2.89. The van der Waals surface area contributed by atoms with Gasteiger partial charge in [-0.15, -0.1) is 10.2 Å². The zero-order valence-corrected chi connectivity index (χ0v) is 13.2. The molecule has 2 aromatic heterocycles. The van der Waals surface area contributed by atoms with Crippen molar-refractivity contribution in [2.45, 2.75) is 25.4 Å². The summed E-state index contributed by atoms with van der Waals surface area (Å²) in [5.41, 5.74) is 3.67. The van der Waals surface area contributed by atoms with E-state index in [0.29, 0.717) is 17.4 Å². The molecule has 22 heavy (non-hydrogen) atoms. The Bertz CT molecular complexity index is 831. The summed E-state index contributed by atoms with van der Waals surface area (Å²) in [6.07, 6.45) is 0.969. The number of nitrogens with one attached hydrogen (secondary N) is 1. The van der Waals surface area contributed by atoms with Gasteiger partial charge in [0.05, 0.1) is 12.4 Å². The van der Waals surface area contributed by atoms with Crippen molar-refractivity contribution >= 4 is 39.8 Å². The Kier molecular flexibility index (Phi) is 4.24. The molecule has 0 saturated heterocycles. The van der Waals surface area contributed by atoms with Gasteiger partial charge in [0, 0.05) is 10.9 Å². The van der Waals surface area contributed by atoms with E-state index in [1.54, 1.807) is 6.92 Å². The summed E-state index contributed by atoms with van der Waals surface area (Å²) in [4.78, 5) is 19.0. The van der Waals surface area contributed by atoms with Gasteiger partial charge in [0.1, 0.15) is 5.52 Å². The Hall–Kier alpha value is -2.15. The van der Waals surface area contributed by atoms with Crippen molar-refractivity contribution in [1.29, 1.82) is 0 Å². The van der Waals surface area contributed by atoms with Gasteiger partial charge in [-0.25, -0.2) is 4.98 Å². The number of aryl methyl sites for hydroxylation is 1. The first-order valence-electron chi connectivity index (χ1n) is 7.14. The minimum Gasteiger partial charge on any atom is -0.465 e. The van der Waals surface area contributed by atoms with Gasteiger partial charge in [-0.3, -0.25) is 4.79 Å². The maximum atomic E-state index is 11.4. The lowest BCUT2D eigenvalue weighted by Gasteiger charge is -2.00. The van der Waals surface area contributed by atoms with Gasteiger partial charge in [-0.1, -0.05) is 24.8 Å². The first-order chi connectivity index (χ1) is 10.7. The SMILES string of the molecule is CCOC(=O)CSc1nnc2c(n1)[nH]c1ccc(CC)cc12. The smallest absolute Gasteiger partial charge is 0.316 e. The highest BCUT2D eigenvalue weighted by Crippen LogP contribution is 2.24. The Morgan fingerprint density at radius 2 is 2.18 bits per heavy atom. The quantitative estimate of drug-likeness (QED) is 0.576. The molecule has 0 unspecified atom stereocenters. The number of aromatic amines is 1. The van der Waals surface area contributed by atoms with Crippen molar-refractivity contribution in [2.75, 3.05) is 12.4 Å². The maximum Gasteiger partial charge on any atom is 0.316 e. The first-order valence-corrected chi connectivity index (χ1v) is 8.13. The monoisotopic (exact) mass is 316 g/mol. The molecule has 0 radical (unpaired) electrons. The third-order valence-electron chi connectivity index (χ3n) is 3.29. The number of nitrogens with zero attached hydrogens (tertiary/aromatic N) is 3. The van der Waals surface area contributed by atoms with Gasteiger partial charge in [-0.2, -0.15) is 0 Å². The molecule has 0 spiro atoms. The first kappa shape index (κ1) is 14.8. The molecule has 0 aliphatic heterocycles. The molecule has 0 amide bonds. The highest BCUT2D eigenvalue weighted by atomic mass is 32.2. The van der Waals surface area contributed by atoms with Gasteiger partial charge in [0.2, 0.25) is 5.16 Å². The number of hydrogen-bond acceptors (Lipinski definition) is 6. The summed E-state index contributed by atoms with van der Waals surface area (Å²) in [6, 6.07) is 6.22. The number of esters is 1. The Labute approximate surface area is 131 Å². The van der Waals surface area contributed by atoms with Crippen LogP contribution >= 0.6 is 11.8 Å². The predicted octanol–water partition coefficient (Wildman–Crippen LogP) is 2.72. The Balaban J connectivity index is 1.90. The number of aromatic nitrogens is 4. The molecule has 114 valence electrons. The summed E-state index contributed by atoms with van der Waals surface area (Å²) in [5.74, 6) is -0.0956. The van der Waals surface area contributed by atoms with Crippen LogP contribution in [0.5, 0.6) is 0 Å². The molecule has 1 N–H and O–H groups in total. The van der Waals surface area contributed by atoms with Crippen molar-refractivity contribution in [2.24, 2.45) is 0 Å². The number of ether oxygens (including phenoxy) is 1. The van der Waals surface area contributed by atoms with Crippen LogP contribution in [0.4, 0.5) is 0 Å². The zero-order valence-electron chi connectivity index (χ0n) is 12.4. The number of H-pyrrole nitrogens is 1. The summed E-state index contributed by atoms with van der Waals surface area (Å²) in [7, 11) is 0. The van der Waals surface area contributed by atoms with Crippen LogP contribution < -0.4 is 0 Å². The van der Waals surface area contributed by atoms with E-state index in [-0.39, 0.29) is 11.7 Å². The van der Waals surface area contributed by atoms with E-state index in [0.717, 1.165) is 22.8 Å².